The average molecular weight is 600 g/mol. The Labute approximate surface area is 252 Å². The van der Waals surface area contributed by atoms with Crippen LogP contribution in [0.1, 0.15) is 70.9 Å². The lowest BCUT2D eigenvalue weighted by Crippen LogP contribution is -2.58. The highest BCUT2D eigenvalue weighted by molar-refractivity contribution is 7.98. The quantitative estimate of drug-likeness (QED) is 0.253. The lowest BCUT2D eigenvalue weighted by atomic mass is 9.92. The zero-order valence-corrected chi connectivity index (χ0v) is 24.4. The van der Waals surface area contributed by atoms with E-state index in [0.717, 1.165) is 48.1 Å². The van der Waals surface area contributed by atoms with Crippen molar-refractivity contribution < 1.29 is 18.3 Å². The summed E-state index contributed by atoms with van der Waals surface area (Å²) in [5, 5.41) is 2.00. The van der Waals surface area contributed by atoms with Gasteiger partial charge in [-0.2, -0.15) is 0 Å². The average Bonchev–Trinajstić information content (AvgIpc) is 3.21. The van der Waals surface area contributed by atoms with Gasteiger partial charge < -0.3 is 9.64 Å². The summed E-state index contributed by atoms with van der Waals surface area (Å²) in [5.74, 6) is -1.74. The van der Waals surface area contributed by atoms with Crippen molar-refractivity contribution in [2.45, 2.75) is 61.4 Å². The zero-order chi connectivity index (χ0) is 29.5. The Bertz CT molecular complexity index is 1740. The van der Waals surface area contributed by atoms with Gasteiger partial charge in [0.25, 0.3) is 5.91 Å². The molecule has 6 nitrogen and oxygen atoms in total. The second kappa shape index (κ2) is 11.5. The molecular weight excluding hydrogens is 568 g/mol. The van der Waals surface area contributed by atoms with Crippen LogP contribution in [-0.4, -0.2) is 28.2 Å². The number of benzene rings is 3. The van der Waals surface area contributed by atoms with Gasteiger partial charge >= 0.3 is 0 Å². The number of ether oxygens (including phenoxy) is 1. The second-order valence-electron chi connectivity index (χ2n) is 11.3. The highest BCUT2D eigenvalue weighted by Crippen LogP contribution is 2.44. The molecule has 2 aliphatic heterocycles. The van der Waals surface area contributed by atoms with Gasteiger partial charge in [0.1, 0.15) is 13.3 Å². The van der Waals surface area contributed by atoms with Gasteiger partial charge in [-0.1, -0.05) is 73.9 Å². The van der Waals surface area contributed by atoms with Gasteiger partial charge in [0.2, 0.25) is 5.43 Å². The Balaban J connectivity index is 1.42. The van der Waals surface area contributed by atoms with Crippen LogP contribution in [0.4, 0.5) is 8.78 Å². The molecular formula is C34H31F2N3O3S. The zero-order valence-electron chi connectivity index (χ0n) is 23.5. The molecule has 43 heavy (non-hydrogen) atoms. The normalized spacial score (nSPS) is 18.5. The Kier molecular flexibility index (Phi) is 7.43. The van der Waals surface area contributed by atoms with Crippen molar-refractivity contribution >= 4 is 17.7 Å². The van der Waals surface area contributed by atoms with Crippen molar-refractivity contribution in [3.63, 3.8) is 0 Å². The molecule has 3 aromatic carbocycles. The number of hydrogen-bond acceptors (Lipinski definition) is 5. The molecule has 1 atom stereocenters. The van der Waals surface area contributed by atoms with E-state index in [2.05, 4.69) is 0 Å². The SMILES string of the molecule is O=C1c2c(OCc3ccccc3)c(=O)ccn2N([C@@H]2c3ccccc3SCc3c2ccc(F)c3F)CN1C1CCCCC1. The van der Waals surface area contributed by atoms with Crippen LogP contribution in [0.2, 0.25) is 0 Å². The van der Waals surface area contributed by atoms with Crippen LogP contribution in [-0.2, 0) is 12.4 Å². The van der Waals surface area contributed by atoms with E-state index < -0.39 is 17.7 Å². The number of rotatable bonds is 5. The number of pyridine rings is 1. The Hall–Kier alpha value is -4.11. The number of nitrogens with zero attached hydrogens (tertiary/aromatic N) is 3. The van der Waals surface area contributed by atoms with E-state index in [-0.39, 0.29) is 47.8 Å². The van der Waals surface area contributed by atoms with Gasteiger partial charge in [-0.25, -0.2) is 8.78 Å². The van der Waals surface area contributed by atoms with Gasteiger partial charge in [-0.3, -0.25) is 19.3 Å². The van der Waals surface area contributed by atoms with Crippen LogP contribution < -0.4 is 15.2 Å². The van der Waals surface area contributed by atoms with Gasteiger partial charge in [-0.05, 0) is 41.7 Å². The maximum absolute atomic E-state index is 15.4. The minimum Gasteiger partial charge on any atom is -0.482 e. The fourth-order valence-electron chi connectivity index (χ4n) is 6.58. The van der Waals surface area contributed by atoms with Gasteiger partial charge in [0.05, 0.1) is 6.04 Å². The third-order valence-electron chi connectivity index (χ3n) is 8.72. The Morgan fingerprint density at radius 1 is 0.860 bits per heavy atom. The molecule has 1 saturated carbocycles. The first-order valence-corrected chi connectivity index (χ1v) is 15.7. The Morgan fingerprint density at radius 3 is 2.44 bits per heavy atom. The van der Waals surface area contributed by atoms with Crippen molar-refractivity contribution in [3.05, 3.63) is 129 Å². The number of hydrogen-bond donors (Lipinski definition) is 0. The molecule has 1 aliphatic carbocycles. The molecule has 3 heterocycles. The summed E-state index contributed by atoms with van der Waals surface area (Å²) in [4.78, 5) is 30.5. The first-order chi connectivity index (χ1) is 21.0. The van der Waals surface area contributed by atoms with Gasteiger partial charge in [-0.15, -0.1) is 11.8 Å². The number of carbonyl (C=O) groups excluding carboxylic acids is 1. The molecule has 0 radical (unpaired) electrons. The Morgan fingerprint density at radius 2 is 1.63 bits per heavy atom. The molecule has 1 aromatic heterocycles. The molecule has 9 heteroatoms. The van der Waals surface area contributed by atoms with E-state index in [9.17, 15) is 14.0 Å². The number of fused-ring (bicyclic) bond motifs is 3. The lowest BCUT2D eigenvalue weighted by molar-refractivity contribution is 0.0537. The number of amides is 1. The minimum atomic E-state index is -0.887. The molecule has 0 saturated heterocycles. The predicted molar refractivity (Wildman–Crippen MR) is 162 cm³/mol. The maximum Gasteiger partial charge on any atom is 0.278 e. The van der Waals surface area contributed by atoms with Crippen molar-refractivity contribution in [1.82, 2.24) is 9.58 Å². The van der Waals surface area contributed by atoms with E-state index in [4.69, 9.17) is 4.74 Å². The summed E-state index contributed by atoms with van der Waals surface area (Å²) in [5.41, 5.74) is 2.49. The van der Waals surface area contributed by atoms with Crippen molar-refractivity contribution in [1.29, 1.82) is 0 Å². The number of aromatic nitrogens is 1. The first-order valence-electron chi connectivity index (χ1n) is 14.7. The molecule has 3 aliphatic rings. The molecule has 4 aromatic rings. The molecule has 7 rings (SSSR count). The van der Waals surface area contributed by atoms with E-state index in [1.807, 2.05) is 64.5 Å². The monoisotopic (exact) mass is 599 g/mol. The van der Waals surface area contributed by atoms with E-state index in [0.29, 0.717) is 11.1 Å². The minimum absolute atomic E-state index is 0.00500. The molecule has 0 unspecified atom stereocenters. The van der Waals surface area contributed by atoms with Crippen LogP contribution in [0.25, 0.3) is 0 Å². The largest absolute Gasteiger partial charge is 0.482 e. The van der Waals surface area contributed by atoms with Crippen LogP contribution in [0.3, 0.4) is 0 Å². The number of halogens is 2. The molecule has 0 spiro atoms. The summed E-state index contributed by atoms with van der Waals surface area (Å²) < 4.78 is 37.8. The van der Waals surface area contributed by atoms with Crippen LogP contribution >= 0.6 is 11.8 Å². The topological polar surface area (TPSA) is 54.8 Å². The fraction of sp³-hybridized carbons (Fsp3) is 0.294. The predicted octanol–water partition coefficient (Wildman–Crippen LogP) is 6.78. The first kappa shape index (κ1) is 27.7. The van der Waals surface area contributed by atoms with Crippen molar-refractivity contribution in [2.75, 3.05) is 11.7 Å². The summed E-state index contributed by atoms with van der Waals surface area (Å²) in [6.45, 7) is 0.347. The van der Waals surface area contributed by atoms with E-state index in [1.165, 1.54) is 23.9 Å². The fourth-order valence-corrected chi connectivity index (χ4v) is 7.69. The standard InChI is InChI=1S/C34H31F2N3O3S/c35-27-16-15-24-26(30(27)36)20-43-29-14-8-7-13-25(29)31(24)39-21-37(23-11-5-2-6-12-23)34(41)32-33(28(40)17-18-38(32)39)42-19-22-9-3-1-4-10-22/h1,3-4,7-10,13-18,23,31H,2,5-6,11-12,19-21H2/t31-/m0/s1. The number of thioether (sulfide) groups is 1. The molecule has 0 N–H and O–H groups in total. The third-order valence-corrected chi connectivity index (χ3v) is 9.84. The van der Waals surface area contributed by atoms with Crippen molar-refractivity contribution in [3.8, 4) is 5.75 Å². The van der Waals surface area contributed by atoms with Crippen LogP contribution in [0.5, 0.6) is 5.75 Å². The molecule has 1 fully saturated rings. The lowest BCUT2D eigenvalue weighted by Gasteiger charge is -2.47. The van der Waals surface area contributed by atoms with E-state index >= 15 is 4.39 Å². The second-order valence-corrected chi connectivity index (χ2v) is 12.3. The van der Waals surface area contributed by atoms with Gasteiger partial charge in [0.15, 0.2) is 23.1 Å². The molecule has 220 valence electrons. The molecule has 1 amide bonds. The summed E-state index contributed by atoms with van der Waals surface area (Å²) in [7, 11) is 0. The summed E-state index contributed by atoms with van der Waals surface area (Å²) >= 11 is 1.47. The molecule has 0 bridgehead atoms. The maximum atomic E-state index is 15.4. The smallest absolute Gasteiger partial charge is 0.278 e. The van der Waals surface area contributed by atoms with Crippen molar-refractivity contribution in [2.24, 2.45) is 0 Å². The number of carbonyl (C=O) groups is 1. The summed E-state index contributed by atoms with van der Waals surface area (Å²) in [6, 6.07) is 21.0. The van der Waals surface area contributed by atoms with Crippen LogP contribution in [0, 0.1) is 11.6 Å². The summed E-state index contributed by atoms with van der Waals surface area (Å²) in [6.07, 6.45) is 6.49. The highest BCUT2D eigenvalue weighted by Gasteiger charge is 2.42. The van der Waals surface area contributed by atoms with E-state index in [1.54, 1.807) is 16.9 Å². The third kappa shape index (κ3) is 4.99. The highest BCUT2D eigenvalue weighted by atomic mass is 32.2. The van der Waals surface area contributed by atoms with Gasteiger partial charge in [0, 0.05) is 34.5 Å². The van der Waals surface area contributed by atoms with Crippen LogP contribution in [0.15, 0.2) is 88.7 Å².